The molecule has 1 heterocycles. The van der Waals surface area contributed by atoms with E-state index in [9.17, 15) is 0 Å². The highest BCUT2D eigenvalue weighted by molar-refractivity contribution is 7.15. The lowest BCUT2D eigenvalue weighted by molar-refractivity contribution is 0.669. The lowest BCUT2D eigenvalue weighted by Gasteiger charge is -2.25. The standard InChI is InChI=1S/C13H25N3S/c1-5-7-14-9-12-10-15-13(17-12)16(8-6-2)11(3)4/h10-11,14H,5-9H2,1-4H3. The van der Waals surface area contributed by atoms with Crippen molar-refractivity contribution in [3.05, 3.63) is 11.1 Å². The van der Waals surface area contributed by atoms with Crippen molar-refractivity contribution >= 4 is 16.5 Å². The molecule has 0 radical (unpaired) electrons. The van der Waals surface area contributed by atoms with Crippen LogP contribution in [-0.4, -0.2) is 24.1 Å². The Hall–Kier alpha value is -0.610. The maximum absolute atomic E-state index is 4.54. The van der Waals surface area contributed by atoms with Crippen molar-refractivity contribution < 1.29 is 0 Å². The fourth-order valence-corrected chi connectivity index (χ4v) is 2.75. The summed E-state index contributed by atoms with van der Waals surface area (Å²) in [7, 11) is 0. The molecule has 0 saturated carbocycles. The van der Waals surface area contributed by atoms with Crippen LogP contribution in [0.1, 0.15) is 45.4 Å². The van der Waals surface area contributed by atoms with Crippen LogP contribution in [0.25, 0.3) is 0 Å². The lowest BCUT2D eigenvalue weighted by atomic mass is 10.3. The number of nitrogens with zero attached hydrogens (tertiary/aromatic N) is 2. The molecule has 0 aromatic carbocycles. The van der Waals surface area contributed by atoms with Crippen molar-refractivity contribution in [3.63, 3.8) is 0 Å². The van der Waals surface area contributed by atoms with Gasteiger partial charge >= 0.3 is 0 Å². The van der Waals surface area contributed by atoms with Gasteiger partial charge in [-0.2, -0.15) is 0 Å². The molecular weight excluding hydrogens is 230 g/mol. The molecule has 1 aromatic heterocycles. The Balaban J connectivity index is 2.58. The van der Waals surface area contributed by atoms with Crippen LogP contribution < -0.4 is 10.2 Å². The molecule has 1 N–H and O–H groups in total. The van der Waals surface area contributed by atoms with E-state index >= 15 is 0 Å². The van der Waals surface area contributed by atoms with Crippen molar-refractivity contribution in [2.24, 2.45) is 0 Å². The highest BCUT2D eigenvalue weighted by Gasteiger charge is 2.13. The Morgan fingerprint density at radius 3 is 2.71 bits per heavy atom. The van der Waals surface area contributed by atoms with Gasteiger partial charge in [-0.1, -0.05) is 13.8 Å². The predicted molar refractivity (Wildman–Crippen MR) is 76.9 cm³/mol. The quantitative estimate of drug-likeness (QED) is 0.723. The molecule has 0 atom stereocenters. The molecule has 1 aromatic rings. The van der Waals surface area contributed by atoms with Gasteiger partial charge in [-0.3, -0.25) is 0 Å². The third-order valence-corrected chi connectivity index (χ3v) is 3.64. The fraction of sp³-hybridized carbons (Fsp3) is 0.769. The smallest absolute Gasteiger partial charge is 0.185 e. The van der Waals surface area contributed by atoms with Gasteiger partial charge in [-0.15, -0.1) is 11.3 Å². The minimum Gasteiger partial charge on any atom is -0.346 e. The normalized spacial score (nSPS) is 11.1. The summed E-state index contributed by atoms with van der Waals surface area (Å²) in [6, 6.07) is 0.526. The van der Waals surface area contributed by atoms with Crippen molar-refractivity contribution in [2.45, 2.75) is 53.1 Å². The van der Waals surface area contributed by atoms with Crippen LogP contribution in [0, 0.1) is 0 Å². The Morgan fingerprint density at radius 1 is 1.35 bits per heavy atom. The van der Waals surface area contributed by atoms with E-state index in [1.54, 1.807) is 0 Å². The van der Waals surface area contributed by atoms with Crippen molar-refractivity contribution in [1.82, 2.24) is 10.3 Å². The van der Waals surface area contributed by atoms with Gasteiger partial charge in [0.05, 0.1) is 0 Å². The van der Waals surface area contributed by atoms with E-state index in [4.69, 9.17) is 0 Å². The SMILES string of the molecule is CCCNCc1cnc(N(CCC)C(C)C)s1. The first kappa shape index (κ1) is 14.5. The van der Waals surface area contributed by atoms with Gasteiger partial charge in [0.25, 0.3) is 0 Å². The minimum absolute atomic E-state index is 0.526. The number of aromatic nitrogens is 1. The molecule has 1 rings (SSSR count). The highest BCUT2D eigenvalue weighted by atomic mass is 32.1. The zero-order chi connectivity index (χ0) is 12.7. The van der Waals surface area contributed by atoms with E-state index in [1.165, 1.54) is 17.7 Å². The predicted octanol–water partition coefficient (Wildman–Crippen LogP) is 3.27. The second-order valence-electron chi connectivity index (χ2n) is 4.57. The van der Waals surface area contributed by atoms with E-state index in [0.29, 0.717) is 6.04 Å². The zero-order valence-corrected chi connectivity index (χ0v) is 12.3. The Bertz CT molecular complexity index is 309. The van der Waals surface area contributed by atoms with Crippen molar-refractivity contribution in [1.29, 1.82) is 0 Å². The molecule has 0 amide bonds. The molecule has 0 fully saturated rings. The van der Waals surface area contributed by atoms with E-state index in [2.05, 4.69) is 42.9 Å². The third-order valence-electron chi connectivity index (χ3n) is 2.60. The average molecular weight is 255 g/mol. The molecule has 0 spiro atoms. The molecule has 98 valence electrons. The van der Waals surface area contributed by atoms with Crippen LogP contribution in [-0.2, 0) is 6.54 Å². The Morgan fingerprint density at radius 2 is 2.12 bits per heavy atom. The van der Waals surface area contributed by atoms with Crippen LogP contribution in [0.5, 0.6) is 0 Å². The summed E-state index contributed by atoms with van der Waals surface area (Å²) in [5, 5.41) is 4.58. The van der Waals surface area contributed by atoms with E-state index in [0.717, 1.165) is 24.8 Å². The van der Waals surface area contributed by atoms with Crippen LogP contribution in [0.4, 0.5) is 5.13 Å². The summed E-state index contributed by atoms with van der Waals surface area (Å²) in [5.74, 6) is 0. The summed E-state index contributed by atoms with van der Waals surface area (Å²) in [5.41, 5.74) is 0. The number of nitrogens with one attached hydrogen (secondary N) is 1. The largest absolute Gasteiger partial charge is 0.346 e. The van der Waals surface area contributed by atoms with Crippen LogP contribution in [0.3, 0.4) is 0 Å². The average Bonchev–Trinajstić information content (AvgIpc) is 2.74. The topological polar surface area (TPSA) is 28.2 Å². The summed E-state index contributed by atoms with van der Waals surface area (Å²) in [6.45, 7) is 12.0. The summed E-state index contributed by atoms with van der Waals surface area (Å²) < 4.78 is 0. The molecule has 0 aliphatic carbocycles. The third kappa shape index (κ3) is 4.64. The zero-order valence-electron chi connectivity index (χ0n) is 11.5. The molecule has 3 nitrogen and oxygen atoms in total. The molecular formula is C13H25N3S. The van der Waals surface area contributed by atoms with Crippen molar-refractivity contribution in [2.75, 3.05) is 18.0 Å². The number of rotatable bonds is 8. The van der Waals surface area contributed by atoms with Gasteiger partial charge in [0, 0.05) is 30.2 Å². The molecule has 0 aliphatic rings. The first-order valence-corrected chi connectivity index (χ1v) is 7.42. The maximum atomic E-state index is 4.54. The van der Waals surface area contributed by atoms with Crippen molar-refractivity contribution in [3.8, 4) is 0 Å². The monoisotopic (exact) mass is 255 g/mol. The fourth-order valence-electron chi connectivity index (χ4n) is 1.72. The van der Waals surface area contributed by atoms with E-state index in [-0.39, 0.29) is 0 Å². The van der Waals surface area contributed by atoms with Crippen LogP contribution in [0.15, 0.2) is 6.20 Å². The highest BCUT2D eigenvalue weighted by Crippen LogP contribution is 2.24. The molecule has 0 bridgehead atoms. The molecule has 17 heavy (non-hydrogen) atoms. The Labute approximate surface area is 109 Å². The van der Waals surface area contributed by atoms with E-state index < -0.39 is 0 Å². The molecule has 0 aliphatic heterocycles. The maximum Gasteiger partial charge on any atom is 0.185 e. The van der Waals surface area contributed by atoms with Gasteiger partial charge in [-0.05, 0) is 33.2 Å². The lowest BCUT2D eigenvalue weighted by Crippen LogP contribution is -2.31. The minimum atomic E-state index is 0.526. The van der Waals surface area contributed by atoms with Crippen LogP contribution >= 0.6 is 11.3 Å². The summed E-state index contributed by atoms with van der Waals surface area (Å²) in [4.78, 5) is 8.25. The first-order valence-electron chi connectivity index (χ1n) is 6.61. The number of hydrogen-bond acceptors (Lipinski definition) is 4. The number of thiazole rings is 1. The van der Waals surface area contributed by atoms with Gasteiger partial charge in [0.1, 0.15) is 0 Å². The second-order valence-corrected chi connectivity index (χ2v) is 5.67. The van der Waals surface area contributed by atoms with Gasteiger partial charge in [0.15, 0.2) is 5.13 Å². The Kier molecular flexibility index (Phi) is 6.52. The molecule has 4 heteroatoms. The summed E-state index contributed by atoms with van der Waals surface area (Å²) in [6.07, 6.45) is 4.36. The van der Waals surface area contributed by atoms with Crippen LogP contribution in [0.2, 0.25) is 0 Å². The number of anilines is 1. The first-order chi connectivity index (χ1) is 8.19. The molecule has 0 unspecified atom stereocenters. The second kappa shape index (κ2) is 7.67. The summed E-state index contributed by atoms with van der Waals surface area (Å²) >= 11 is 1.81. The number of hydrogen-bond donors (Lipinski definition) is 1. The van der Waals surface area contributed by atoms with Gasteiger partial charge in [0.2, 0.25) is 0 Å². The van der Waals surface area contributed by atoms with Gasteiger partial charge < -0.3 is 10.2 Å². The molecule has 0 saturated heterocycles. The van der Waals surface area contributed by atoms with E-state index in [1.807, 2.05) is 17.5 Å². The van der Waals surface area contributed by atoms with Gasteiger partial charge in [-0.25, -0.2) is 4.98 Å².